The van der Waals surface area contributed by atoms with Crippen molar-refractivity contribution in [1.29, 1.82) is 0 Å². The second-order valence-electron chi connectivity index (χ2n) is 5.20. The van der Waals surface area contributed by atoms with E-state index in [0.717, 1.165) is 24.5 Å². The Hall–Kier alpha value is -2.63. The van der Waals surface area contributed by atoms with Gasteiger partial charge in [-0.25, -0.2) is 9.37 Å². The zero-order valence-corrected chi connectivity index (χ0v) is 13.8. The fourth-order valence-electron chi connectivity index (χ4n) is 2.13. The molecule has 0 saturated heterocycles. The average Bonchev–Trinajstić information content (AvgIpc) is 2.60. The van der Waals surface area contributed by atoms with Crippen LogP contribution in [0, 0.1) is 5.82 Å². The van der Waals surface area contributed by atoms with Crippen molar-refractivity contribution in [1.82, 2.24) is 10.3 Å². The number of methoxy groups -OCH3 is 1. The molecule has 0 fully saturated rings. The Balaban J connectivity index is 2.05. The molecule has 0 spiro atoms. The Morgan fingerprint density at radius 2 is 2.17 bits per heavy atom. The van der Waals surface area contributed by atoms with Gasteiger partial charge in [0.15, 0.2) is 0 Å². The minimum atomic E-state index is -0.495. The van der Waals surface area contributed by atoms with Crippen molar-refractivity contribution in [2.45, 2.75) is 26.3 Å². The van der Waals surface area contributed by atoms with Gasteiger partial charge in [0.1, 0.15) is 11.6 Å². The van der Waals surface area contributed by atoms with Crippen LogP contribution in [-0.2, 0) is 6.54 Å². The van der Waals surface area contributed by atoms with Gasteiger partial charge in [0, 0.05) is 18.3 Å². The number of nitrogens with one attached hydrogen (secondary N) is 1. The van der Waals surface area contributed by atoms with Gasteiger partial charge in [-0.1, -0.05) is 19.4 Å². The molecule has 1 heterocycles. The minimum Gasteiger partial charge on any atom is -0.496 e. The van der Waals surface area contributed by atoms with E-state index >= 15 is 0 Å². The first kappa shape index (κ1) is 17.7. The first-order valence-corrected chi connectivity index (χ1v) is 7.84. The van der Waals surface area contributed by atoms with Gasteiger partial charge in [-0.05, 0) is 30.7 Å². The lowest BCUT2D eigenvalue weighted by Gasteiger charge is -2.12. The Labute approximate surface area is 140 Å². The lowest BCUT2D eigenvalue weighted by atomic mass is 10.1. The number of benzene rings is 1. The number of carbonyl (C=O) groups is 1. The first-order valence-electron chi connectivity index (χ1n) is 7.84. The van der Waals surface area contributed by atoms with Gasteiger partial charge in [0.25, 0.3) is 5.91 Å². The number of unbranched alkanes of at least 4 members (excludes halogenated alkanes) is 1. The smallest absolute Gasteiger partial charge is 0.255 e. The van der Waals surface area contributed by atoms with Crippen LogP contribution in [0.2, 0.25) is 0 Å². The summed E-state index contributed by atoms with van der Waals surface area (Å²) in [6.45, 7) is 2.88. The van der Waals surface area contributed by atoms with E-state index in [0.29, 0.717) is 18.2 Å². The molecule has 0 unspecified atom stereocenters. The third-order valence-electron chi connectivity index (χ3n) is 3.43. The predicted molar refractivity (Wildman–Crippen MR) is 88.8 cm³/mol. The summed E-state index contributed by atoms with van der Waals surface area (Å²) < 4.78 is 24.1. The molecule has 2 aromatic rings. The van der Waals surface area contributed by atoms with E-state index in [2.05, 4.69) is 17.2 Å². The van der Waals surface area contributed by atoms with Crippen molar-refractivity contribution in [3.63, 3.8) is 0 Å². The number of amides is 1. The van der Waals surface area contributed by atoms with Gasteiger partial charge in [-0.2, -0.15) is 0 Å². The van der Waals surface area contributed by atoms with Crippen molar-refractivity contribution in [3.8, 4) is 11.6 Å². The summed E-state index contributed by atoms with van der Waals surface area (Å²) in [5.74, 6) is -0.0995. The molecular formula is C18H21FN2O3. The number of rotatable bonds is 8. The third-order valence-corrected chi connectivity index (χ3v) is 3.43. The molecule has 24 heavy (non-hydrogen) atoms. The van der Waals surface area contributed by atoms with Gasteiger partial charge in [-0.3, -0.25) is 4.79 Å². The maximum Gasteiger partial charge on any atom is 0.255 e. The molecule has 5 nitrogen and oxygen atoms in total. The molecular weight excluding hydrogens is 311 g/mol. The summed E-state index contributed by atoms with van der Waals surface area (Å²) in [5, 5.41) is 2.74. The molecule has 0 aliphatic carbocycles. The number of halogens is 1. The van der Waals surface area contributed by atoms with Crippen LogP contribution in [0.15, 0.2) is 36.5 Å². The van der Waals surface area contributed by atoms with E-state index in [1.165, 1.54) is 19.2 Å². The van der Waals surface area contributed by atoms with Crippen LogP contribution in [0.5, 0.6) is 11.6 Å². The molecule has 0 atom stereocenters. The Bertz CT molecular complexity index is 692. The van der Waals surface area contributed by atoms with Crippen LogP contribution in [-0.4, -0.2) is 24.6 Å². The number of carbonyl (C=O) groups excluding carboxylic acids is 1. The second-order valence-corrected chi connectivity index (χ2v) is 5.20. The van der Waals surface area contributed by atoms with Crippen molar-refractivity contribution >= 4 is 5.91 Å². The average molecular weight is 332 g/mol. The molecule has 128 valence electrons. The van der Waals surface area contributed by atoms with Crippen molar-refractivity contribution < 1.29 is 18.7 Å². The number of nitrogens with zero attached hydrogens (tertiary/aromatic N) is 1. The van der Waals surface area contributed by atoms with Crippen LogP contribution >= 0.6 is 0 Å². The molecule has 1 aromatic carbocycles. The van der Waals surface area contributed by atoms with Crippen molar-refractivity contribution in [2.24, 2.45) is 0 Å². The molecule has 0 bridgehead atoms. The highest BCUT2D eigenvalue weighted by molar-refractivity contribution is 5.96. The van der Waals surface area contributed by atoms with Crippen molar-refractivity contribution in [3.05, 3.63) is 53.5 Å². The number of hydrogen-bond acceptors (Lipinski definition) is 4. The summed E-state index contributed by atoms with van der Waals surface area (Å²) >= 11 is 0. The number of aromatic nitrogens is 1. The molecule has 6 heteroatoms. The fraction of sp³-hybridized carbons (Fsp3) is 0.333. The third kappa shape index (κ3) is 4.68. The van der Waals surface area contributed by atoms with Gasteiger partial charge >= 0.3 is 0 Å². The Morgan fingerprint density at radius 1 is 1.33 bits per heavy atom. The van der Waals surface area contributed by atoms with Crippen LogP contribution in [0.25, 0.3) is 0 Å². The summed E-state index contributed by atoms with van der Waals surface area (Å²) in [5.41, 5.74) is 0.909. The lowest BCUT2D eigenvalue weighted by Crippen LogP contribution is -2.24. The SMILES string of the molecule is CCCCOc1ncccc1CNC(=O)c1cc(F)ccc1OC. The normalized spacial score (nSPS) is 10.3. The predicted octanol–water partition coefficient (Wildman–Crippen LogP) is 3.34. The van der Waals surface area contributed by atoms with Crippen LogP contribution < -0.4 is 14.8 Å². The summed E-state index contributed by atoms with van der Waals surface area (Å²) in [7, 11) is 1.44. The molecule has 1 amide bonds. The van der Waals surface area contributed by atoms with E-state index in [9.17, 15) is 9.18 Å². The van der Waals surface area contributed by atoms with Crippen LogP contribution in [0.3, 0.4) is 0 Å². The van der Waals surface area contributed by atoms with Gasteiger partial charge in [0.05, 0.1) is 19.3 Å². The molecule has 0 aliphatic rings. The van der Waals surface area contributed by atoms with Crippen LogP contribution in [0.1, 0.15) is 35.7 Å². The second kappa shape index (κ2) is 8.86. The van der Waals surface area contributed by atoms with Gasteiger partial charge < -0.3 is 14.8 Å². The van der Waals surface area contributed by atoms with Crippen molar-refractivity contribution in [2.75, 3.05) is 13.7 Å². The monoisotopic (exact) mass is 332 g/mol. The number of pyridine rings is 1. The molecule has 0 aliphatic heterocycles. The van der Waals surface area contributed by atoms with Gasteiger partial charge in [0.2, 0.25) is 5.88 Å². The zero-order valence-electron chi connectivity index (χ0n) is 13.8. The van der Waals surface area contributed by atoms with Crippen LogP contribution in [0.4, 0.5) is 4.39 Å². The Kier molecular flexibility index (Phi) is 6.54. The minimum absolute atomic E-state index is 0.148. The maximum absolute atomic E-state index is 13.4. The highest BCUT2D eigenvalue weighted by atomic mass is 19.1. The molecule has 1 N–H and O–H groups in total. The maximum atomic E-state index is 13.4. The zero-order chi connectivity index (χ0) is 17.4. The van der Waals surface area contributed by atoms with E-state index in [-0.39, 0.29) is 12.1 Å². The molecule has 1 aromatic heterocycles. The highest BCUT2D eigenvalue weighted by Gasteiger charge is 2.14. The van der Waals surface area contributed by atoms with E-state index in [1.807, 2.05) is 6.07 Å². The fourth-order valence-corrected chi connectivity index (χ4v) is 2.13. The standard InChI is InChI=1S/C18H21FN2O3/c1-3-4-10-24-18-13(6-5-9-20-18)12-21-17(22)15-11-14(19)7-8-16(15)23-2/h5-9,11H,3-4,10,12H2,1-2H3,(H,21,22). The molecule has 0 saturated carbocycles. The summed E-state index contributed by atoms with van der Waals surface area (Å²) in [6.07, 6.45) is 3.60. The largest absolute Gasteiger partial charge is 0.496 e. The molecule has 2 rings (SSSR count). The van der Waals surface area contributed by atoms with E-state index < -0.39 is 11.7 Å². The number of hydrogen-bond donors (Lipinski definition) is 1. The van der Waals surface area contributed by atoms with Gasteiger partial charge in [-0.15, -0.1) is 0 Å². The molecule has 0 radical (unpaired) electrons. The summed E-state index contributed by atoms with van der Waals surface area (Å²) in [6, 6.07) is 7.42. The topological polar surface area (TPSA) is 60.5 Å². The summed E-state index contributed by atoms with van der Waals surface area (Å²) in [4.78, 5) is 16.5. The quantitative estimate of drug-likeness (QED) is 0.753. The lowest BCUT2D eigenvalue weighted by molar-refractivity contribution is 0.0947. The highest BCUT2D eigenvalue weighted by Crippen LogP contribution is 2.20. The number of ether oxygens (including phenoxy) is 2. The Morgan fingerprint density at radius 3 is 2.92 bits per heavy atom. The first-order chi connectivity index (χ1) is 11.7. The van der Waals surface area contributed by atoms with E-state index in [4.69, 9.17) is 9.47 Å². The van der Waals surface area contributed by atoms with E-state index in [1.54, 1.807) is 12.3 Å².